The molecule has 2 aliphatic heterocycles. The van der Waals surface area contributed by atoms with E-state index in [-0.39, 0.29) is 17.4 Å². The molecule has 3 heterocycles. The number of nitrogens with zero attached hydrogens (tertiary/aromatic N) is 3. The van der Waals surface area contributed by atoms with Crippen LogP contribution >= 0.6 is 0 Å². The average Bonchev–Trinajstić information content (AvgIpc) is 3.13. The SMILES string of the molecule is O=C(O)C1(Nc2nc3ccccc3n(C3CC4CC[C@@H](C3)N4C3CCCCCCC3)c2=O)CCCCC1. The molecule has 2 N–H and O–H groups in total. The first-order valence-corrected chi connectivity index (χ1v) is 14.9. The molecule has 2 bridgehead atoms. The van der Waals surface area contributed by atoms with E-state index in [1.165, 1.54) is 57.8 Å². The summed E-state index contributed by atoms with van der Waals surface area (Å²) in [7, 11) is 0. The van der Waals surface area contributed by atoms with Gasteiger partial charge in [-0.3, -0.25) is 9.69 Å². The van der Waals surface area contributed by atoms with E-state index in [0.29, 0.717) is 31.0 Å². The molecule has 4 aliphatic rings. The van der Waals surface area contributed by atoms with Crippen LogP contribution in [0, 0.1) is 0 Å². The number of hydrogen-bond donors (Lipinski definition) is 2. The number of carbonyl (C=O) groups is 1. The quantitative estimate of drug-likeness (QED) is 0.527. The summed E-state index contributed by atoms with van der Waals surface area (Å²) < 4.78 is 1.98. The van der Waals surface area contributed by atoms with Crippen LogP contribution in [-0.2, 0) is 4.79 Å². The number of anilines is 1. The van der Waals surface area contributed by atoms with Crippen molar-refractivity contribution in [3.05, 3.63) is 34.6 Å². The molecular weight excluding hydrogens is 464 g/mol. The second kappa shape index (κ2) is 10.4. The fraction of sp³-hybridized carbons (Fsp3) is 0.700. The van der Waals surface area contributed by atoms with Crippen molar-refractivity contribution in [3.63, 3.8) is 0 Å². The topological polar surface area (TPSA) is 87.5 Å². The van der Waals surface area contributed by atoms with Crippen LogP contribution in [0.2, 0.25) is 0 Å². The molecule has 2 aromatic rings. The summed E-state index contributed by atoms with van der Waals surface area (Å²) in [6.45, 7) is 0. The third-order valence-corrected chi connectivity index (χ3v) is 9.90. The summed E-state index contributed by atoms with van der Waals surface area (Å²) in [5.74, 6) is -0.670. The van der Waals surface area contributed by atoms with E-state index in [0.717, 1.165) is 43.1 Å². The smallest absolute Gasteiger partial charge is 0.329 e. The lowest BCUT2D eigenvalue weighted by atomic mass is 9.81. The maximum absolute atomic E-state index is 14.1. The molecular formula is C30H42N4O3. The Balaban J connectivity index is 1.33. The van der Waals surface area contributed by atoms with Crippen LogP contribution in [-0.4, -0.2) is 49.2 Å². The van der Waals surface area contributed by atoms with Gasteiger partial charge in [-0.2, -0.15) is 0 Å². The van der Waals surface area contributed by atoms with E-state index < -0.39 is 11.5 Å². The van der Waals surface area contributed by atoms with Crippen molar-refractivity contribution >= 4 is 22.8 Å². The van der Waals surface area contributed by atoms with Gasteiger partial charge in [0.1, 0.15) is 5.54 Å². The number of piperidine rings is 1. The number of hydrogen-bond acceptors (Lipinski definition) is 5. The highest BCUT2D eigenvalue weighted by Crippen LogP contribution is 2.44. The van der Waals surface area contributed by atoms with Crippen LogP contribution in [0.25, 0.3) is 11.0 Å². The highest BCUT2D eigenvalue weighted by molar-refractivity contribution is 5.83. The molecule has 0 spiro atoms. The molecule has 7 nitrogen and oxygen atoms in total. The maximum Gasteiger partial charge on any atom is 0.329 e. The molecule has 3 atom stereocenters. The number of aromatic nitrogens is 2. The zero-order valence-corrected chi connectivity index (χ0v) is 22.0. The first-order chi connectivity index (χ1) is 18.1. The molecule has 200 valence electrons. The number of carboxylic acid groups (broad SMARTS) is 1. The van der Waals surface area contributed by atoms with Crippen molar-refractivity contribution in [2.24, 2.45) is 0 Å². The monoisotopic (exact) mass is 506 g/mol. The van der Waals surface area contributed by atoms with Gasteiger partial charge in [0.15, 0.2) is 5.82 Å². The van der Waals surface area contributed by atoms with Crippen LogP contribution < -0.4 is 10.9 Å². The molecule has 0 amide bonds. The second-order valence-electron chi connectivity index (χ2n) is 12.2. The minimum atomic E-state index is -1.11. The van der Waals surface area contributed by atoms with Crippen LogP contribution in [0.15, 0.2) is 29.1 Å². The van der Waals surface area contributed by atoms with E-state index in [2.05, 4.69) is 10.2 Å². The number of nitrogens with one attached hydrogen (secondary N) is 1. The van der Waals surface area contributed by atoms with E-state index in [4.69, 9.17) is 4.98 Å². The van der Waals surface area contributed by atoms with Crippen LogP contribution in [0.3, 0.4) is 0 Å². The number of rotatable bonds is 5. The van der Waals surface area contributed by atoms with Gasteiger partial charge in [0.05, 0.1) is 11.0 Å². The number of aliphatic carboxylic acids is 1. The lowest BCUT2D eigenvalue weighted by Crippen LogP contribution is -2.51. The predicted molar refractivity (Wildman–Crippen MR) is 146 cm³/mol. The van der Waals surface area contributed by atoms with Crippen LogP contribution in [0.1, 0.15) is 109 Å². The van der Waals surface area contributed by atoms with Crippen molar-refractivity contribution in [1.82, 2.24) is 14.5 Å². The van der Waals surface area contributed by atoms with Gasteiger partial charge in [-0.05, 0) is 63.5 Å². The first-order valence-electron chi connectivity index (χ1n) is 14.9. The van der Waals surface area contributed by atoms with Gasteiger partial charge >= 0.3 is 5.97 Å². The average molecular weight is 507 g/mol. The Morgan fingerprint density at radius 3 is 2.14 bits per heavy atom. The van der Waals surface area contributed by atoms with Crippen molar-refractivity contribution < 1.29 is 9.90 Å². The van der Waals surface area contributed by atoms with Gasteiger partial charge in [0.2, 0.25) is 0 Å². The molecule has 0 radical (unpaired) electrons. The molecule has 1 aromatic carbocycles. The van der Waals surface area contributed by atoms with Crippen LogP contribution in [0.4, 0.5) is 5.82 Å². The fourth-order valence-electron chi connectivity index (χ4n) is 8.10. The van der Waals surface area contributed by atoms with E-state index in [9.17, 15) is 14.7 Å². The summed E-state index contributed by atoms with van der Waals surface area (Å²) in [5.41, 5.74) is 0.366. The molecule has 2 saturated heterocycles. The summed E-state index contributed by atoms with van der Waals surface area (Å²) in [5, 5.41) is 13.3. The van der Waals surface area contributed by atoms with Gasteiger partial charge in [0, 0.05) is 24.2 Å². The Hall–Kier alpha value is -2.41. The zero-order valence-electron chi connectivity index (χ0n) is 22.0. The van der Waals surface area contributed by atoms with Gasteiger partial charge in [-0.15, -0.1) is 0 Å². The molecule has 2 aliphatic carbocycles. The van der Waals surface area contributed by atoms with Gasteiger partial charge < -0.3 is 15.0 Å². The van der Waals surface area contributed by atoms with Crippen LogP contribution in [0.5, 0.6) is 0 Å². The maximum atomic E-state index is 14.1. The number of benzene rings is 1. The number of carboxylic acids is 1. The molecule has 4 fully saturated rings. The highest BCUT2D eigenvalue weighted by Gasteiger charge is 2.45. The van der Waals surface area contributed by atoms with E-state index in [1.807, 2.05) is 28.8 Å². The Labute approximate surface area is 219 Å². The molecule has 7 heteroatoms. The van der Waals surface area contributed by atoms with Crippen molar-refractivity contribution in [2.45, 2.75) is 132 Å². The Bertz CT molecular complexity index is 1170. The third kappa shape index (κ3) is 4.68. The molecule has 6 rings (SSSR count). The minimum Gasteiger partial charge on any atom is -0.480 e. The van der Waals surface area contributed by atoms with Gasteiger partial charge in [0.25, 0.3) is 5.56 Å². The summed E-state index contributed by atoms with van der Waals surface area (Å²) in [4.78, 5) is 34.0. The Morgan fingerprint density at radius 1 is 0.838 bits per heavy atom. The molecule has 1 aromatic heterocycles. The number of para-hydroxylation sites is 2. The standard InChI is InChI=1S/C30H42N4O3/c35-28-27(32-30(29(36)37)17-9-4-10-18-30)31-25-13-7-8-14-26(25)34(28)24-19-22-15-16-23(20-24)33(22)21-11-5-2-1-3-6-12-21/h7-8,13-14,21-24H,1-6,9-12,15-20H2,(H,31,32)(H,36,37)/t22-,23?,24?/m0/s1. The predicted octanol–water partition coefficient (Wildman–Crippen LogP) is 5.88. The van der Waals surface area contributed by atoms with Crippen molar-refractivity contribution in [3.8, 4) is 0 Å². The fourth-order valence-corrected chi connectivity index (χ4v) is 8.10. The summed E-state index contributed by atoms with van der Waals surface area (Å²) in [6.07, 6.45) is 17.7. The molecule has 37 heavy (non-hydrogen) atoms. The Morgan fingerprint density at radius 2 is 1.46 bits per heavy atom. The molecule has 2 saturated carbocycles. The molecule has 2 unspecified atom stereocenters. The summed E-state index contributed by atoms with van der Waals surface area (Å²) in [6, 6.07) is 9.76. The van der Waals surface area contributed by atoms with E-state index in [1.54, 1.807) is 0 Å². The number of fused-ring (bicyclic) bond motifs is 3. The minimum absolute atomic E-state index is 0.121. The van der Waals surface area contributed by atoms with Gasteiger partial charge in [-0.25, -0.2) is 9.78 Å². The first kappa shape index (κ1) is 24.9. The van der Waals surface area contributed by atoms with Crippen molar-refractivity contribution in [2.75, 3.05) is 5.32 Å². The third-order valence-electron chi connectivity index (χ3n) is 9.90. The Kier molecular flexibility index (Phi) is 6.99. The highest BCUT2D eigenvalue weighted by atomic mass is 16.4. The largest absolute Gasteiger partial charge is 0.480 e. The lowest BCUT2D eigenvalue weighted by Gasteiger charge is -2.45. The normalized spacial score (nSPS) is 29.0. The van der Waals surface area contributed by atoms with E-state index >= 15 is 0 Å². The summed E-state index contributed by atoms with van der Waals surface area (Å²) >= 11 is 0. The second-order valence-corrected chi connectivity index (χ2v) is 12.2. The van der Waals surface area contributed by atoms with Crippen molar-refractivity contribution in [1.29, 1.82) is 0 Å². The van der Waals surface area contributed by atoms with Gasteiger partial charge in [-0.1, -0.05) is 63.5 Å². The zero-order chi connectivity index (χ0) is 25.4. The lowest BCUT2D eigenvalue weighted by molar-refractivity contribution is -0.143.